The maximum absolute atomic E-state index is 13.2. The number of aromatic hydroxyl groups is 1. The summed E-state index contributed by atoms with van der Waals surface area (Å²) in [5.74, 6) is 0.338. The molecule has 7 heteroatoms. The van der Waals surface area contributed by atoms with Crippen molar-refractivity contribution in [1.29, 1.82) is 0 Å². The van der Waals surface area contributed by atoms with Gasteiger partial charge in [0.15, 0.2) is 11.5 Å². The highest BCUT2D eigenvalue weighted by Gasteiger charge is 2.37. The van der Waals surface area contributed by atoms with Crippen molar-refractivity contribution in [3.63, 3.8) is 0 Å². The number of rotatable bonds is 8. The lowest BCUT2D eigenvalue weighted by Gasteiger charge is -2.24. The van der Waals surface area contributed by atoms with Gasteiger partial charge >= 0.3 is 0 Å². The van der Waals surface area contributed by atoms with E-state index in [9.17, 15) is 14.3 Å². The molecule has 2 aromatic rings. The van der Waals surface area contributed by atoms with Crippen molar-refractivity contribution in [2.75, 3.05) is 13.2 Å². The van der Waals surface area contributed by atoms with E-state index in [4.69, 9.17) is 4.74 Å². The van der Waals surface area contributed by atoms with Gasteiger partial charge in [0.1, 0.15) is 5.82 Å². The van der Waals surface area contributed by atoms with Crippen LogP contribution in [0.3, 0.4) is 0 Å². The van der Waals surface area contributed by atoms with E-state index in [2.05, 4.69) is 10.2 Å². The number of nitrogens with zero attached hydrogens (tertiary/aromatic N) is 1. The maximum Gasteiger partial charge on any atom is 0.237 e. The van der Waals surface area contributed by atoms with Gasteiger partial charge in [0.2, 0.25) is 5.91 Å². The fourth-order valence-electron chi connectivity index (χ4n) is 3.64. The molecule has 162 valence electrons. The molecule has 0 aromatic heterocycles. The number of amides is 1. The first-order chi connectivity index (χ1) is 14.4. The van der Waals surface area contributed by atoms with E-state index < -0.39 is 0 Å². The van der Waals surface area contributed by atoms with Crippen LogP contribution in [0, 0.1) is 5.82 Å². The Kier molecular flexibility index (Phi) is 7.61. The summed E-state index contributed by atoms with van der Waals surface area (Å²) < 4.78 is 18.7. The summed E-state index contributed by atoms with van der Waals surface area (Å²) in [6.45, 7) is 7.57. The Bertz CT molecular complexity index is 860. The van der Waals surface area contributed by atoms with Crippen molar-refractivity contribution in [3.8, 4) is 11.5 Å². The predicted molar refractivity (Wildman–Crippen MR) is 117 cm³/mol. The monoisotopic (exact) mass is 432 g/mol. The van der Waals surface area contributed by atoms with E-state index in [1.807, 2.05) is 32.9 Å². The molecule has 0 spiro atoms. The smallest absolute Gasteiger partial charge is 0.237 e. The van der Waals surface area contributed by atoms with Crippen LogP contribution >= 0.6 is 11.8 Å². The Balaban J connectivity index is 1.75. The highest BCUT2D eigenvalue weighted by Crippen LogP contribution is 2.35. The molecule has 0 bridgehead atoms. The Labute approximate surface area is 181 Å². The second kappa shape index (κ2) is 10.2. The van der Waals surface area contributed by atoms with Crippen molar-refractivity contribution >= 4 is 17.7 Å². The van der Waals surface area contributed by atoms with E-state index in [-0.39, 0.29) is 34.8 Å². The molecule has 0 radical (unpaired) electrons. The molecule has 1 aliphatic heterocycles. The van der Waals surface area contributed by atoms with Crippen LogP contribution in [0.2, 0.25) is 0 Å². The average Bonchev–Trinajstić information content (AvgIpc) is 3.08. The number of ether oxygens (including phenoxy) is 1. The molecule has 0 saturated carbocycles. The summed E-state index contributed by atoms with van der Waals surface area (Å²) in [6, 6.07) is 11.6. The number of likely N-dealkylation sites (tertiary alicyclic amines) is 1. The van der Waals surface area contributed by atoms with Gasteiger partial charge in [-0.2, -0.15) is 0 Å². The van der Waals surface area contributed by atoms with E-state index in [1.54, 1.807) is 30.0 Å². The Morgan fingerprint density at radius 1 is 1.30 bits per heavy atom. The van der Waals surface area contributed by atoms with Crippen molar-refractivity contribution in [2.24, 2.45) is 0 Å². The lowest BCUT2D eigenvalue weighted by atomic mass is 10.1. The third-order valence-electron chi connectivity index (χ3n) is 4.92. The molecule has 1 heterocycles. The second-order valence-electron chi connectivity index (χ2n) is 7.77. The van der Waals surface area contributed by atoms with Crippen LogP contribution in [0.5, 0.6) is 11.5 Å². The van der Waals surface area contributed by atoms with Gasteiger partial charge in [-0.15, -0.1) is 11.8 Å². The highest BCUT2D eigenvalue weighted by atomic mass is 32.2. The maximum atomic E-state index is 13.2. The first-order valence-corrected chi connectivity index (χ1v) is 11.1. The number of thioether (sulfide) groups is 1. The van der Waals surface area contributed by atoms with Gasteiger partial charge in [0.05, 0.1) is 12.6 Å². The standard InChI is InChI=1S/C23H29FN2O3S/c1-4-29-22-11-16(5-10-21(22)27)13-26-14-19(12-20(26)23(28)25-15(2)3)30-18-8-6-17(24)7-9-18/h5-11,15,19-20,27H,4,12-14H2,1-3H3,(H,25,28)/t19-,20+/m1/s1. The molecule has 0 unspecified atom stereocenters. The van der Waals surface area contributed by atoms with E-state index >= 15 is 0 Å². The minimum absolute atomic E-state index is 0.0241. The summed E-state index contributed by atoms with van der Waals surface area (Å²) in [7, 11) is 0. The van der Waals surface area contributed by atoms with E-state index in [0.29, 0.717) is 18.9 Å². The summed E-state index contributed by atoms with van der Waals surface area (Å²) in [5, 5.41) is 13.2. The zero-order valence-electron chi connectivity index (χ0n) is 17.6. The molecule has 1 amide bonds. The van der Waals surface area contributed by atoms with Crippen molar-refractivity contribution in [1.82, 2.24) is 10.2 Å². The number of phenols is 1. The molecule has 2 aromatic carbocycles. The Hall–Kier alpha value is -2.25. The summed E-state index contributed by atoms with van der Waals surface area (Å²) in [6.07, 6.45) is 0.719. The minimum Gasteiger partial charge on any atom is -0.504 e. The number of carbonyl (C=O) groups excluding carboxylic acids is 1. The molecule has 1 saturated heterocycles. The number of phenolic OH excluding ortho intramolecular Hbond substituents is 1. The van der Waals surface area contributed by atoms with Crippen LogP contribution < -0.4 is 10.1 Å². The van der Waals surface area contributed by atoms with Gasteiger partial charge in [0.25, 0.3) is 0 Å². The van der Waals surface area contributed by atoms with Gasteiger partial charge in [-0.25, -0.2) is 4.39 Å². The fourth-order valence-corrected chi connectivity index (χ4v) is 4.87. The molecule has 0 aliphatic carbocycles. The molecular weight excluding hydrogens is 403 g/mol. The van der Waals surface area contributed by atoms with Gasteiger partial charge < -0.3 is 15.2 Å². The zero-order chi connectivity index (χ0) is 21.7. The molecule has 1 fully saturated rings. The quantitative estimate of drug-likeness (QED) is 0.655. The SMILES string of the molecule is CCOc1cc(CN2C[C@H](Sc3ccc(F)cc3)C[C@H]2C(=O)NC(C)C)ccc1O. The first-order valence-electron chi connectivity index (χ1n) is 10.3. The minimum atomic E-state index is -0.251. The molecule has 3 rings (SSSR count). The lowest BCUT2D eigenvalue weighted by Crippen LogP contribution is -2.45. The van der Waals surface area contributed by atoms with Crippen LogP contribution in [-0.4, -0.2) is 46.4 Å². The van der Waals surface area contributed by atoms with Crippen molar-refractivity contribution in [3.05, 3.63) is 53.8 Å². The van der Waals surface area contributed by atoms with Crippen molar-refractivity contribution < 1.29 is 19.0 Å². The van der Waals surface area contributed by atoms with Gasteiger partial charge in [-0.3, -0.25) is 9.69 Å². The summed E-state index contributed by atoms with van der Waals surface area (Å²) in [4.78, 5) is 16.0. The number of benzene rings is 2. The summed E-state index contributed by atoms with van der Waals surface area (Å²) >= 11 is 1.67. The number of halogens is 1. The number of hydrogen-bond acceptors (Lipinski definition) is 5. The molecule has 5 nitrogen and oxygen atoms in total. The normalized spacial score (nSPS) is 19.2. The molecule has 2 N–H and O–H groups in total. The Morgan fingerprint density at radius 3 is 2.70 bits per heavy atom. The number of hydrogen-bond donors (Lipinski definition) is 2. The molecule has 2 atom stereocenters. The van der Waals surface area contributed by atoms with Gasteiger partial charge in [-0.05, 0) is 69.2 Å². The molecule has 30 heavy (non-hydrogen) atoms. The zero-order valence-corrected chi connectivity index (χ0v) is 18.4. The highest BCUT2D eigenvalue weighted by molar-refractivity contribution is 8.00. The van der Waals surface area contributed by atoms with Crippen LogP contribution in [-0.2, 0) is 11.3 Å². The first kappa shape index (κ1) is 22.4. The van der Waals surface area contributed by atoms with Gasteiger partial charge in [-0.1, -0.05) is 6.07 Å². The van der Waals surface area contributed by atoms with Crippen molar-refractivity contribution in [2.45, 2.75) is 56.0 Å². The summed E-state index contributed by atoms with van der Waals surface area (Å²) in [5.41, 5.74) is 0.978. The molecule has 1 aliphatic rings. The third-order valence-corrected chi connectivity index (χ3v) is 6.14. The lowest BCUT2D eigenvalue weighted by molar-refractivity contribution is -0.126. The topological polar surface area (TPSA) is 61.8 Å². The third kappa shape index (κ3) is 5.89. The van der Waals surface area contributed by atoms with Crippen LogP contribution in [0.4, 0.5) is 4.39 Å². The van der Waals surface area contributed by atoms with Crippen LogP contribution in [0.25, 0.3) is 0 Å². The van der Waals surface area contributed by atoms with E-state index in [1.165, 1.54) is 12.1 Å². The molecular formula is C23H29FN2O3S. The van der Waals surface area contributed by atoms with Crippen LogP contribution in [0.1, 0.15) is 32.8 Å². The van der Waals surface area contributed by atoms with Gasteiger partial charge in [0, 0.05) is 29.3 Å². The number of nitrogens with one attached hydrogen (secondary N) is 1. The fraction of sp³-hybridized carbons (Fsp3) is 0.435. The predicted octanol–water partition coefficient (Wildman–Crippen LogP) is 4.19. The van der Waals surface area contributed by atoms with E-state index in [0.717, 1.165) is 23.4 Å². The average molecular weight is 433 g/mol. The second-order valence-corrected chi connectivity index (χ2v) is 9.15. The number of carbonyl (C=O) groups is 1. The van der Waals surface area contributed by atoms with Crippen LogP contribution in [0.15, 0.2) is 47.4 Å². The largest absolute Gasteiger partial charge is 0.504 e. The Morgan fingerprint density at radius 2 is 2.03 bits per heavy atom.